The lowest BCUT2D eigenvalue weighted by Gasteiger charge is -2.29. The second-order valence-corrected chi connectivity index (χ2v) is 5.69. The fourth-order valence-electron chi connectivity index (χ4n) is 2.70. The molecule has 140 valence electrons. The molecule has 3 rings (SSSR count). The summed E-state index contributed by atoms with van der Waals surface area (Å²) in [6.07, 6.45) is 0. The third-order valence-corrected chi connectivity index (χ3v) is 4.01. The molecule has 1 aliphatic rings. The fourth-order valence-corrected chi connectivity index (χ4v) is 2.70. The van der Waals surface area contributed by atoms with Crippen LogP contribution in [0, 0.1) is 0 Å². The number of rotatable bonds is 5. The Morgan fingerprint density at radius 1 is 1.11 bits per heavy atom. The van der Waals surface area contributed by atoms with Crippen molar-refractivity contribution in [2.75, 3.05) is 37.6 Å². The molecule has 1 aliphatic heterocycles. The molecule has 0 aliphatic carbocycles. The van der Waals surface area contributed by atoms with E-state index in [1.165, 1.54) is 37.3 Å². The molecule has 0 atom stereocenters. The van der Waals surface area contributed by atoms with Gasteiger partial charge >= 0.3 is 5.97 Å². The van der Waals surface area contributed by atoms with Gasteiger partial charge in [-0.15, -0.1) is 0 Å². The number of esters is 1. The van der Waals surface area contributed by atoms with Crippen LogP contribution in [0.15, 0.2) is 42.5 Å². The lowest BCUT2D eigenvalue weighted by Crippen LogP contribution is -2.44. The Labute approximate surface area is 155 Å². The van der Waals surface area contributed by atoms with Gasteiger partial charge in [-0.2, -0.15) is 0 Å². The maximum atomic E-state index is 12.6. The number of benzene rings is 2. The maximum Gasteiger partial charge on any atom is 0.337 e. The molecular weight excluding hydrogens is 352 g/mol. The monoisotopic (exact) mass is 370 g/mol. The highest BCUT2D eigenvalue weighted by Gasteiger charge is 2.27. The van der Waals surface area contributed by atoms with E-state index < -0.39 is 5.97 Å². The van der Waals surface area contributed by atoms with Crippen LogP contribution >= 0.6 is 0 Å². The van der Waals surface area contributed by atoms with E-state index in [0.29, 0.717) is 28.4 Å². The number of amides is 2. The van der Waals surface area contributed by atoms with Crippen molar-refractivity contribution >= 4 is 29.2 Å². The number of anilines is 2. The number of carbonyl (C=O) groups is 3. The van der Waals surface area contributed by atoms with E-state index in [-0.39, 0.29) is 25.0 Å². The quantitative estimate of drug-likeness (QED) is 0.807. The van der Waals surface area contributed by atoms with E-state index >= 15 is 0 Å². The van der Waals surface area contributed by atoms with Crippen LogP contribution in [-0.4, -0.2) is 45.2 Å². The van der Waals surface area contributed by atoms with Crippen molar-refractivity contribution < 1.29 is 28.6 Å². The zero-order chi connectivity index (χ0) is 19.4. The van der Waals surface area contributed by atoms with E-state index in [2.05, 4.69) is 10.1 Å². The molecule has 0 saturated heterocycles. The van der Waals surface area contributed by atoms with Gasteiger partial charge < -0.3 is 19.5 Å². The van der Waals surface area contributed by atoms with Crippen molar-refractivity contribution in [3.63, 3.8) is 0 Å². The summed E-state index contributed by atoms with van der Waals surface area (Å²) in [6.45, 7) is -0.382. The number of para-hydroxylation sites is 2. The Morgan fingerprint density at radius 2 is 1.89 bits per heavy atom. The van der Waals surface area contributed by atoms with E-state index in [0.717, 1.165) is 0 Å². The summed E-state index contributed by atoms with van der Waals surface area (Å²) < 4.78 is 15.4. The summed E-state index contributed by atoms with van der Waals surface area (Å²) in [5.74, 6) is -0.568. The smallest absolute Gasteiger partial charge is 0.337 e. The Hall–Kier alpha value is -3.55. The van der Waals surface area contributed by atoms with Gasteiger partial charge in [0, 0.05) is 0 Å². The lowest BCUT2D eigenvalue weighted by molar-refractivity contribution is -0.123. The Balaban J connectivity index is 1.75. The molecule has 1 N–H and O–H groups in total. The number of methoxy groups -OCH3 is 2. The first-order valence-electron chi connectivity index (χ1n) is 8.12. The van der Waals surface area contributed by atoms with Gasteiger partial charge in [-0.05, 0) is 30.3 Å². The van der Waals surface area contributed by atoms with Crippen molar-refractivity contribution in [2.45, 2.75) is 0 Å². The highest BCUT2D eigenvalue weighted by Crippen LogP contribution is 2.30. The number of hydrogen-bond acceptors (Lipinski definition) is 6. The number of hydrogen-bond donors (Lipinski definition) is 1. The SMILES string of the molecule is COC(=O)c1ccc(OCC(=O)N2CC(=O)Nc3ccccc32)c(OC)c1. The molecule has 0 bridgehead atoms. The van der Waals surface area contributed by atoms with Crippen LogP contribution in [0.25, 0.3) is 0 Å². The van der Waals surface area contributed by atoms with Crippen LogP contribution in [0.2, 0.25) is 0 Å². The van der Waals surface area contributed by atoms with Crippen molar-refractivity contribution in [1.82, 2.24) is 0 Å². The minimum atomic E-state index is -0.508. The number of nitrogens with one attached hydrogen (secondary N) is 1. The van der Waals surface area contributed by atoms with Gasteiger partial charge in [0.2, 0.25) is 5.91 Å². The van der Waals surface area contributed by atoms with Gasteiger partial charge in [0.15, 0.2) is 18.1 Å². The number of ether oxygens (including phenoxy) is 3. The average Bonchev–Trinajstić information content (AvgIpc) is 2.70. The summed E-state index contributed by atoms with van der Waals surface area (Å²) in [6, 6.07) is 11.5. The first-order valence-corrected chi connectivity index (χ1v) is 8.12. The summed E-state index contributed by atoms with van der Waals surface area (Å²) in [7, 11) is 2.71. The predicted molar refractivity (Wildman–Crippen MR) is 97.3 cm³/mol. The van der Waals surface area contributed by atoms with E-state index in [4.69, 9.17) is 9.47 Å². The standard InChI is InChI=1S/C19H18N2O6/c1-25-16-9-12(19(24)26-2)7-8-15(16)27-11-18(23)21-10-17(22)20-13-5-3-4-6-14(13)21/h3-9H,10-11H2,1-2H3,(H,20,22). The number of carbonyl (C=O) groups excluding carboxylic acids is 3. The van der Waals surface area contributed by atoms with Crippen molar-refractivity contribution in [1.29, 1.82) is 0 Å². The molecule has 2 aromatic carbocycles. The highest BCUT2D eigenvalue weighted by molar-refractivity contribution is 6.10. The fraction of sp³-hybridized carbons (Fsp3) is 0.211. The van der Waals surface area contributed by atoms with Gasteiger partial charge in [0.1, 0.15) is 6.54 Å². The molecule has 27 heavy (non-hydrogen) atoms. The van der Waals surface area contributed by atoms with E-state index in [1.54, 1.807) is 24.3 Å². The molecule has 0 saturated carbocycles. The third kappa shape index (κ3) is 3.84. The lowest BCUT2D eigenvalue weighted by atomic mass is 10.2. The molecule has 0 fully saturated rings. The van der Waals surface area contributed by atoms with Crippen LogP contribution in [0.4, 0.5) is 11.4 Å². The van der Waals surface area contributed by atoms with E-state index in [1.807, 2.05) is 0 Å². The van der Waals surface area contributed by atoms with Gasteiger partial charge in [0.25, 0.3) is 5.91 Å². The minimum absolute atomic E-state index is 0.0857. The first-order chi connectivity index (χ1) is 13.0. The number of nitrogens with zero attached hydrogens (tertiary/aromatic N) is 1. The van der Waals surface area contributed by atoms with Crippen molar-refractivity contribution in [3.05, 3.63) is 48.0 Å². The van der Waals surface area contributed by atoms with Gasteiger partial charge in [-0.1, -0.05) is 12.1 Å². The number of fused-ring (bicyclic) bond motifs is 1. The van der Waals surface area contributed by atoms with Crippen molar-refractivity contribution in [2.24, 2.45) is 0 Å². The largest absolute Gasteiger partial charge is 0.493 e. The third-order valence-electron chi connectivity index (χ3n) is 4.01. The second kappa shape index (κ2) is 7.77. The van der Waals surface area contributed by atoms with Crippen LogP contribution < -0.4 is 19.7 Å². The van der Waals surface area contributed by atoms with E-state index in [9.17, 15) is 14.4 Å². The van der Waals surface area contributed by atoms with Crippen LogP contribution in [0.5, 0.6) is 11.5 Å². The molecule has 1 heterocycles. The zero-order valence-corrected chi connectivity index (χ0v) is 14.9. The van der Waals surface area contributed by atoms with Gasteiger partial charge in [-0.25, -0.2) is 4.79 Å². The zero-order valence-electron chi connectivity index (χ0n) is 14.9. The van der Waals surface area contributed by atoms with Crippen LogP contribution in [0.1, 0.15) is 10.4 Å². The molecule has 2 aromatic rings. The minimum Gasteiger partial charge on any atom is -0.493 e. The summed E-state index contributed by atoms with van der Waals surface area (Å²) >= 11 is 0. The molecule has 8 nitrogen and oxygen atoms in total. The Morgan fingerprint density at radius 3 is 2.63 bits per heavy atom. The summed E-state index contributed by atoms with van der Waals surface area (Å²) in [4.78, 5) is 37.4. The van der Waals surface area contributed by atoms with Gasteiger partial charge in [0.05, 0.1) is 31.2 Å². The van der Waals surface area contributed by atoms with Gasteiger partial charge in [-0.3, -0.25) is 14.5 Å². The topological polar surface area (TPSA) is 94.2 Å². The summed E-state index contributed by atoms with van der Waals surface area (Å²) in [5, 5.41) is 2.72. The maximum absolute atomic E-state index is 12.6. The second-order valence-electron chi connectivity index (χ2n) is 5.69. The normalized spacial score (nSPS) is 12.7. The van der Waals surface area contributed by atoms with Crippen LogP contribution in [0.3, 0.4) is 0 Å². The molecule has 0 aromatic heterocycles. The highest BCUT2D eigenvalue weighted by atomic mass is 16.5. The molecular formula is C19H18N2O6. The average molecular weight is 370 g/mol. The predicted octanol–water partition coefficient (Wildman–Crippen LogP) is 1.85. The molecule has 0 spiro atoms. The summed E-state index contributed by atoms with van der Waals surface area (Å²) in [5.41, 5.74) is 1.48. The van der Waals surface area contributed by atoms with Crippen LogP contribution in [-0.2, 0) is 14.3 Å². The Kier molecular flexibility index (Phi) is 5.25. The van der Waals surface area contributed by atoms with Crippen molar-refractivity contribution in [3.8, 4) is 11.5 Å². The Bertz CT molecular complexity index is 896. The molecule has 8 heteroatoms. The first kappa shape index (κ1) is 18.2. The molecule has 0 radical (unpaired) electrons. The molecule has 0 unspecified atom stereocenters. The molecule has 2 amide bonds.